The quantitative estimate of drug-likeness (QED) is 0.757. The van der Waals surface area contributed by atoms with Gasteiger partial charge in [-0.05, 0) is 24.3 Å². The molecule has 2 N–H and O–H groups in total. The molecule has 1 aromatic carbocycles. The molecule has 0 unspecified atom stereocenters. The van der Waals surface area contributed by atoms with E-state index in [1.54, 1.807) is 7.11 Å². The summed E-state index contributed by atoms with van der Waals surface area (Å²) in [5.41, 5.74) is 0.759. The van der Waals surface area contributed by atoms with Crippen LogP contribution < -0.4 is 15.0 Å². The van der Waals surface area contributed by atoms with Gasteiger partial charge in [0.05, 0.1) is 33.2 Å². The first-order valence-electron chi connectivity index (χ1n) is 7.47. The second-order valence-corrected chi connectivity index (χ2v) is 5.50. The van der Waals surface area contributed by atoms with Crippen LogP contribution in [-0.2, 0) is 14.3 Å². The predicted molar refractivity (Wildman–Crippen MR) is 81.9 cm³/mol. The minimum absolute atomic E-state index is 0.0154. The van der Waals surface area contributed by atoms with Gasteiger partial charge in [0.1, 0.15) is 5.75 Å². The number of nitrogens with one attached hydrogen (secondary N) is 2. The summed E-state index contributed by atoms with van der Waals surface area (Å²) in [6, 6.07) is 7.25. The molecule has 0 atom stereocenters. The van der Waals surface area contributed by atoms with Gasteiger partial charge in [-0.25, -0.2) is 0 Å². The van der Waals surface area contributed by atoms with Crippen LogP contribution in [-0.4, -0.2) is 45.7 Å². The van der Waals surface area contributed by atoms with Crippen LogP contribution in [0.4, 0.5) is 5.69 Å². The number of piperidine rings is 1. The van der Waals surface area contributed by atoms with Gasteiger partial charge in [0, 0.05) is 18.5 Å². The largest absolute Gasteiger partial charge is 0.497 e. The Balaban J connectivity index is 1.77. The van der Waals surface area contributed by atoms with Crippen LogP contribution in [0.25, 0.3) is 0 Å². The highest BCUT2D eigenvalue weighted by Gasteiger charge is 2.28. The van der Waals surface area contributed by atoms with Crippen molar-refractivity contribution in [1.82, 2.24) is 0 Å². The van der Waals surface area contributed by atoms with Crippen molar-refractivity contribution in [3.63, 3.8) is 0 Å². The van der Waals surface area contributed by atoms with Crippen molar-refractivity contribution >= 4 is 17.6 Å². The summed E-state index contributed by atoms with van der Waals surface area (Å²) in [6.07, 6.45) is 1.55. The summed E-state index contributed by atoms with van der Waals surface area (Å²) in [6.45, 7) is 2.05. The molecule has 0 saturated carbocycles. The number of amides is 1. The maximum absolute atomic E-state index is 12.1. The lowest BCUT2D eigenvalue weighted by molar-refractivity contribution is -0.897. The molecule has 0 aromatic heterocycles. The van der Waals surface area contributed by atoms with E-state index in [1.807, 2.05) is 24.3 Å². The van der Waals surface area contributed by atoms with Crippen LogP contribution in [0.3, 0.4) is 0 Å². The van der Waals surface area contributed by atoms with Gasteiger partial charge in [0.2, 0.25) is 0 Å². The minimum atomic E-state index is -0.137. The number of carbonyl (C=O) groups is 2. The number of anilines is 1. The molecule has 1 amide bonds. The van der Waals surface area contributed by atoms with Gasteiger partial charge < -0.3 is 19.7 Å². The maximum Gasteiger partial charge on any atom is 0.309 e. The van der Waals surface area contributed by atoms with E-state index < -0.39 is 0 Å². The third-order valence-corrected chi connectivity index (χ3v) is 4.01. The highest BCUT2D eigenvalue weighted by molar-refractivity contribution is 5.91. The number of ether oxygens (including phenoxy) is 2. The van der Waals surface area contributed by atoms with E-state index in [-0.39, 0.29) is 17.8 Å². The molecule has 1 aliphatic heterocycles. The number of rotatable bonds is 5. The Morgan fingerprint density at radius 3 is 2.36 bits per heavy atom. The Bertz CT molecular complexity index is 507. The molecule has 120 valence electrons. The van der Waals surface area contributed by atoms with E-state index in [1.165, 1.54) is 12.0 Å². The van der Waals surface area contributed by atoms with Crippen molar-refractivity contribution in [2.24, 2.45) is 5.92 Å². The Morgan fingerprint density at radius 2 is 1.82 bits per heavy atom. The molecule has 1 aromatic rings. The van der Waals surface area contributed by atoms with Crippen molar-refractivity contribution in [1.29, 1.82) is 0 Å². The molecular formula is C16H23N2O4+. The molecule has 22 heavy (non-hydrogen) atoms. The van der Waals surface area contributed by atoms with Crippen molar-refractivity contribution in [2.75, 3.05) is 39.2 Å². The molecule has 6 heteroatoms. The minimum Gasteiger partial charge on any atom is -0.497 e. The average molecular weight is 307 g/mol. The number of carbonyl (C=O) groups excluding carboxylic acids is 2. The normalized spacial score (nSPS) is 21.0. The number of quaternary nitrogens is 1. The number of esters is 1. The molecule has 0 spiro atoms. The van der Waals surface area contributed by atoms with Crippen molar-refractivity contribution in [3.05, 3.63) is 24.3 Å². The molecule has 0 radical (unpaired) electrons. The molecule has 6 nitrogen and oxygen atoms in total. The highest BCUT2D eigenvalue weighted by Crippen LogP contribution is 2.14. The maximum atomic E-state index is 12.1. The van der Waals surface area contributed by atoms with Crippen LogP contribution in [0.2, 0.25) is 0 Å². The molecular weight excluding hydrogens is 284 g/mol. The van der Waals surface area contributed by atoms with Gasteiger partial charge in [-0.1, -0.05) is 0 Å². The highest BCUT2D eigenvalue weighted by atomic mass is 16.5. The van der Waals surface area contributed by atoms with Gasteiger partial charge in [0.15, 0.2) is 6.54 Å². The Morgan fingerprint density at radius 1 is 1.18 bits per heavy atom. The lowest BCUT2D eigenvalue weighted by Gasteiger charge is -2.27. The predicted octanol–water partition coefficient (Wildman–Crippen LogP) is 0.102. The summed E-state index contributed by atoms with van der Waals surface area (Å²) >= 11 is 0. The van der Waals surface area contributed by atoms with Gasteiger partial charge in [0.25, 0.3) is 5.91 Å². The third-order valence-electron chi connectivity index (χ3n) is 4.01. The number of likely N-dealkylation sites (tertiary alicyclic amines) is 1. The standard InChI is InChI=1S/C16H22N2O4/c1-21-14-5-3-13(4-6-14)17-15(19)11-18-9-7-12(8-10-18)16(20)22-2/h3-6,12H,7-11H2,1-2H3,(H,17,19)/p+1. The van der Waals surface area contributed by atoms with Crippen LogP contribution in [0.5, 0.6) is 5.75 Å². The first-order valence-corrected chi connectivity index (χ1v) is 7.47. The fourth-order valence-corrected chi connectivity index (χ4v) is 2.71. The summed E-state index contributed by atoms with van der Waals surface area (Å²) in [5.74, 6) is 0.588. The molecule has 1 heterocycles. The number of methoxy groups -OCH3 is 2. The van der Waals surface area contributed by atoms with E-state index in [0.717, 1.165) is 37.4 Å². The van der Waals surface area contributed by atoms with Crippen LogP contribution in [0.15, 0.2) is 24.3 Å². The van der Waals surface area contributed by atoms with Crippen molar-refractivity contribution in [2.45, 2.75) is 12.8 Å². The molecule has 1 saturated heterocycles. The van der Waals surface area contributed by atoms with Gasteiger partial charge in [-0.3, -0.25) is 9.59 Å². The molecule has 2 rings (SSSR count). The van der Waals surface area contributed by atoms with Crippen molar-refractivity contribution in [3.8, 4) is 5.75 Å². The summed E-state index contributed by atoms with van der Waals surface area (Å²) in [4.78, 5) is 24.7. The first kappa shape index (κ1) is 16.3. The van der Waals surface area contributed by atoms with E-state index in [9.17, 15) is 9.59 Å². The van der Waals surface area contributed by atoms with Gasteiger partial charge in [-0.15, -0.1) is 0 Å². The first-order chi connectivity index (χ1) is 10.6. The number of hydrogen-bond acceptors (Lipinski definition) is 4. The van der Waals surface area contributed by atoms with E-state index in [2.05, 4.69) is 5.32 Å². The van der Waals surface area contributed by atoms with Crippen LogP contribution in [0.1, 0.15) is 12.8 Å². The zero-order valence-corrected chi connectivity index (χ0v) is 13.1. The lowest BCUT2D eigenvalue weighted by atomic mass is 9.97. The second kappa shape index (κ2) is 7.79. The van der Waals surface area contributed by atoms with E-state index in [0.29, 0.717) is 6.54 Å². The summed E-state index contributed by atoms with van der Waals surface area (Å²) in [7, 11) is 3.03. The SMILES string of the molecule is COC(=O)C1CC[NH+](CC(=O)Nc2ccc(OC)cc2)CC1. The zero-order valence-electron chi connectivity index (χ0n) is 13.1. The molecule has 0 aliphatic carbocycles. The monoisotopic (exact) mass is 307 g/mol. The Kier molecular flexibility index (Phi) is 5.77. The molecule has 1 aliphatic rings. The molecule has 0 bridgehead atoms. The average Bonchev–Trinajstić information content (AvgIpc) is 2.55. The van der Waals surface area contributed by atoms with Gasteiger partial charge in [-0.2, -0.15) is 0 Å². The number of benzene rings is 1. The van der Waals surface area contributed by atoms with E-state index >= 15 is 0 Å². The van der Waals surface area contributed by atoms with Crippen molar-refractivity contribution < 1.29 is 24.0 Å². The zero-order chi connectivity index (χ0) is 15.9. The molecule has 1 fully saturated rings. The fraction of sp³-hybridized carbons (Fsp3) is 0.500. The second-order valence-electron chi connectivity index (χ2n) is 5.50. The smallest absolute Gasteiger partial charge is 0.309 e. The topological polar surface area (TPSA) is 69.1 Å². The fourth-order valence-electron chi connectivity index (χ4n) is 2.71. The third kappa shape index (κ3) is 4.46. The summed E-state index contributed by atoms with van der Waals surface area (Å²) in [5, 5.41) is 2.88. The Labute approximate surface area is 130 Å². The number of hydrogen-bond donors (Lipinski definition) is 2. The van der Waals surface area contributed by atoms with Crippen LogP contribution >= 0.6 is 0 Å². The van der Waals surface area contributed by atoms with E-state index in [4.69, 9.17) is 9.47 Å². The Hall–Kier alpha value is -2.08. The summed E-state index contributed by atoms with van der Waals surface area (Å²) < 4.78 is 9.85. The van der Waals surface area contributed by atoms with Gasteiger partial charge >= 0.3 is 5.97 Å². The lowest BCUT2D eigenvalue weighted by Crippen LogP contribution is -3.14. The van der Waals surface area contributed by atoms with Crippen LogP contribution in [0, 0.1) is 5.92 Å².